The van der Waals surface area contributed by atoms with Gasteiger partial charge in [0.2, 0.25) is 0 Å². The molecule has 0 saturated carbocycles. The number of aliphatic hydroxyl groups is 1. The zero-order valence-corrected chi connectivity index (χ0v) is 40.6. The number of unbranched alkanes of at least 4 members (excludes halogenated alkanes) is 22. The first-order valence-corrected chi connectivity index (χ1v) is 26.4. The standard InChI is InChI=1S/C49H83N4O11P/c1-3-5-7-9-11-13-15-17-19-21-23-25-27-29-31-33-45(54)60-38-41(63-46(55)34-32-30-28-26-24-22-20-18-16-14-12-10-8-6-4-2)39-61-65(58,59)62-40-43-47(56)42(37-50)48(64-43)53-36-35-44(51)52-49(53)57/h17-20,35-36,41-43,47-48,56H,3-16,21-34,38-40H2,1-2H3,(H,58,59)(H2,51,52,57)/b19-17-,20-18-/t41?,42-,43+,47-,48+/m0/s1. The van der Waals surface area contributed by atoms with Crippen LogP contribution in [0.2, 0.25) is 0 Å². The zero-order chi connectivity index (χ0) is 47.4. The number of allylic oxidation sites excluding steroid dienone is 4. The number of hydrogen-bond donors (Lipinski definition) is 3. The van der Waals surface area contributed by atoms with Gasteiger partial charge in [0.25, 0.3) is 0 Å². The second kappa shape index (κ2) is 36.7. The van der Waals surface area contributed by atoms with E-state index in [0.29, 0.717) is 12.8 Å². The summed E-state index contributed by atoms with van der Waals surface area (Å²) >= 11 is 0. The molecular formula is C49H83N4O11P. The summed E-state index contributed by atoms with van der Waals surface area (Å²) in [5.41, 5.74) is 4.75. The molecule has 16 heteroatoms. The number of esters is 2. The minimum Gasteiger partial charge on any atom is -0.462 e. The maximum absolute atomic E-state index is 13.0. The van der Waals surface area contributed by atoms with Crippen molar-refractivity contribution < 1.29 is 47.4 Å². The van der Waals surface area contributed by atoms with Crippen LogP contribution in [0.15, 0.2) is 41.4 Å². The zero-order valence-electron chi connectivity index (χ0n) is 39.7. The number of hydrogen-bond acceptors (Lipinski definition) is 13. The van der Waals surface area contributed by atoms with E-state index in [2.05, 4.69) is 43.1 Å². The summed E-state index contributed by atoms with van der Waals surface area (Å²) in [5, 5.41) is 20.4. The van der Waals surface area contributed by atoms with Crippen LogP contribution in [0.3, 0.4) is 0 Å². The van der Waals surface area contributed by atoms with Gasteiger partial charge in [0.1, 0.15) is 30.6 Å². The number of rotatable bonds is 40. The number of carbonyl (C=O) groups excluding carboxylic acids is 2. The van der Waals surface area contributed by atoms with Crippen LogP contribution in [0.5, 0.6) is 0 Å². The van der Waals surface area contributed by atoms with Crippen LogP contribution in [0.25, 0.3) is 0 Å². The molecule has 0 radical (unpaired) electrons. The highest BCUT2D eigenvalue weighted by Crippen LogP contribution is 2.45. The Kier molecular flexibility index (Phi) is 32.6. The minimum atomic E-state index is -4.86. The van der Waals surface area contributed by atoms with Gasteiger partial charge in [-0.25, -0.2) is 9.36 Å². The largest absolute Gasteiger partial charge is 0.472 e. The van der Waals surface area contributed by atoms with Gasteiger partial charge < -0.3 is 29.9 Å². The Morgan fingerprint density at radius 2 is 1.26 bits per heavy atom. The lowest BCUT2D eigenvalue weighted by Gasteiger charge is -2.21. The van der Waals surface area contributed by atoms with E-state index in [1.165, 1.54) is 89.3 Å². The number of carbonyl (C=O) groups is 2. The first kappa shape index (κ1) is 57.7. The van der Waals surface area contributed by atoms with Gasteiger partial charge in [-0.3, -0.25) is 23.2 Å². The van der Waals surface area contributed by atoms with E-state index in [9.17, 15) is 34.2 Å². The number of ether oxygens (including phenoxy) is 3. The number of phosphoric ester groups is 1. The van der Waals surface area contributed by atoms with Crippen LogP contribution in [0, 0.1) is 17.2 Å². The Morgan fingerprint density at radius 3 is 1.75 bits per heavy atom. The molecule has 370 valence electrons. The average molecular weight is 935 g/mol. The van der Waals surface area contributed by atoms with Crippen molar-refractivity contribution in [3.8, 4) is 6.07 Å². The summed E-state index contributed by atoms with van der Waals surface area (Å²) in [6, 6.07) is 3.21. The highest BCUT2D eigenvalue weighted by atomic mass is 31.2. The summed E-state index contributed by atoms with van der Waals surface area (Å²) in [5.74, 6) is -2.31. The van der Waals surface area contributed by atoms with E-state index >= 15 is 0 Å². The van der Waals surface area contributed by atoms with E-state index < -0.39 is 69.1 Å². The predicted molar refractivity (Wildman–Crippen MR) is 253 cm³/mol. The second-order valence-corrected chi connectivity index (χ2v) is 18.7. The van der Waals surface area contributed by atoms with Gasteiger partial charge in [-0.2, -0.15) is 10.2 Å². The third-order valence-corrected chi connectivity index (χ3v) is 12.4. The fraction of sp³-hybridized carbons (Fsp3) is 0.776. The van der Waals surface area contributed by atoms with Crippen LogP contribution >= 0.6 is 7.82 Å². The number of nitrogen functional groups attached to an aromatic ring is 1. The van der Waals surface area contributed by atoms with Crippen molar-refractivity contribution in [2.75, 3.05) is 25.6 Å². The molecule has 1 saturated heterocycles. The Bertz CT molecular complexity index is 1630. The lowest BCUT2D eigenvalue weighted by atomic mass is 10.0. The average Bonchev–Trinajstić information content (AvgIpc) is 3.60. The number of nitrogens with zero attached hydrogens (tertiary/aromatic N) is 3. The molecule has 4 N–H and O–H groups in total. The molecule has 15 nitrogen and oxygen atoms in total. The lowest BCUT2D eigenvalue weighted by Crippen LogP contribution is -2.32. The quantitative estimate of drug-likeness (QED) is 0.0241. The molecule has 6 atom stereocenters. The number of phosphoric acid groups is 1. The van der Waals surface area contributed by atoms with Gasteiger partial charge >= 0.3 is 25.5 Å². The lowest BCUT2D eigenvalue weighted by molar-refractivity contribution is -0.161. The van der Waals surface area contributed by atoms with E-state index in [4.69, 9.17) is 29.0 Å². The number of anilines is 1. The fourth-order valence-corrected chi connectivity index (χ4v) is 8.33. The molecule has 0 spiro atoms. The molecule has 2 rings (SSSR count). The molecule has 0 amide bonds. The number of aromatic nitrogens is 2. The smallest absolute Gasteiger partial charge is 0.462 e. The van der Waals surface area contributed by atoms with Crippen molar-refractivity contribution in [2.45, 2.75) is 218 Å². The molecule has 1 aromatic rings. The molecule has 2 unspecified atom stereocenters. The van der Waals surface area contributed by atoms with Crippen molar-refractivity contribution >= 4 is 25.6 Å². The van der Waals surface area contributed by atoms with Gasteiger partial charge in [0.15, 0.2) is 12.3 Å². The van der Waals surface area contributed by atoms with Crippen molar-refractivity contribution in [3.05, 3.63) is 47.1 Å². The Balaban J connectivity index is 1.79. The molecule has 1 fully saturated rings. The van der Waals surface area contributed by atoms with Crippen molar-refractivity contribution in [1.82, 2.24) is 9.55 Å². The summed E-state index contributed by atoms with van der Waals surface area (Å²) in [7, 11) is -4.86. The first-order chi connectivity index (χ1) is 31.5. The van der Waals surface area contributed by atoms with Crippen LogP contribution < -0.4 is 11.4 Å². The first-order valence-electron chi connectivity index (χ1n) is 24.9. The number of nitrogens with two attached hydrogens (primary N) is 1. The van der Waals surface area contributed by atoms with Gasteiger partial charge in [-0.05, 0) is 70.3 Å². The number of aliphatic hydroxyl groups excluding tert-OH is 1. The molecule has 0 aromatic carbocycles. The van der Waals surface area contributed by atoms with E-state index in [-0.39, 0.29) is 25.3 Å². The van der Waals surface area contributed by atoms with Crippen LogP contribution in [-0.2, 0) is 37.4 Å². The number of nitriles is 1. The van der Waals surface area contributed by atoms with Crippen LogP contribution in [-0.4, -0.2) is 69.6 Å². The topological polar surface area (TPSA) is 223 Å². The molecule has 65 heavy (non-hydrogen) atoms. The monoisotopic (exact) mass is 935 g/mol. The van der Waals surface area contributed by atoms with Gasteiger partial charge in [-0.1, -0.05) is 141 Å². The molecule has 1 aromatic heterocycles. The fourth-order valence-electron chi connectivity index (χ4n) is 7.56. The predicted octanol–water partition coefficient (Wildman–Crippen LogP) is 10.9. The third kappa shape index (κ3) is 27.8. The second-order valence-electron chi connectivity index (χ2n) is 17.3. The Hall–Kier alpha value is -3.38. The Morgan fingerprint density at radius 1 is 0.785 bits per heavy atom. The normalized spacial score (nSPS) is 18.8. The minimum absolute atomic E-state index is 0.0446. The molecule has 1 aliphatic rings. The highest BCUT2D eigenvalue weighted by Gasteiger charge is 2.46. The van der Waals surface area contributed by atoms with Crippen LogP contribution in [0.4, 0.5) is 5.82 Å². The molecule has 1 aliphatic heterocycles. The maximum atomic E-state index is 13.0. The van der Waals surface area contributed by atoms with Crippen molar-refractivity contribution in [3.63, 3.8) is 0 Å². The van der Waals surface area contributed by atoms with Crippen LogP contribution in [0.1, 0.15) is 200 Å². The molecule has 2 heterocycles. The summed E-state index contributed by atoms with van der Waals surface area (Å²) in [4.78, 5) is 52.1. The molecular weight excluding hydrogens is 852 g/mol. The molecule has 0 bridgehead atoms. The highest BCUT2D eigenvalue weighted by molar-refractivity contribution is 7.47. The van der Waals surface area contributed by atoms with Gasteiger partial charge in [0, 0.05) is 19.0 Å². The van der Waals surface area contributed by atoms with Gasteiger partial charge in [-0.15, -0.1) is 0 Å². The van der Waals surface area contributed by atoms with Gasteiger partial charge in [0.05, 0.1) is 19.3 Å². The van der Waals surface area contributed by atoms with E-state index in [1.54, 1.807) is 0 Å². The summed E-state index contributed by atoms with van der Waals surface area (Å²) in [6.07, 6.45) is 34.7. The van der Waals surface area contributed by atoms with Crippen molar-refractivity contribution in [1.29, 1.82) is 5.26 Å². The third-order valence-electron chi connectivity index (χ3n) is 11.5. The maximum Gasteiger partial charge on any atom is 0.472 e. The summed E-state index contributed by atoms with van der Waals surface area (Å²) < 4.78 is 40.9. The SMILES string of the molecule is CCCCCCCC/C=C\CCCCCCCC(=O)OCC(COP(=O)(O)OC[C@H]1O[C@@H](n2ccc(N)nc2=O)[C@@H](C#N)[C@@H]1O)OC(=O)CCCCCCC/C=C\CCCCCCCC. The van der Waals surface area contributed by atoms with E-state index in [1.807, 2.05) is 6.07 Å². The molecule has 0 aliphatic carbocycles. The Labute approximate surface area is 389 Å². The van der Waals surface area contributed by atoms with Crippen molar-refractivity contribution in [2.24, 2.45) is 5.92 Å². The summed E-state index contributed by atoms with van der Waals surface area (Å²) in [6.45, 7) is 2.76. The van der Waals surface area contributed by atoms with E-state index in [0.717, 1.165) is 81.6 Å².